The molecule has 0 fully saturated rings. The predicted molar refractivity (Wildman–Crippen MR) is 108 cm³/mol. The number of hydrogen-bond acceptors (Lipinski definition) is 4. The number of nitrogens with zero attached hydrogens (tertiary/aromatic N) is 2. The van der Waals surface area contributed by atoms with Gasteiger partial charge in [0.2, 0.25) is 0 Å². The maximum atomic E-state index is 12.5. The molecule has 5 nitrogen and oxygen atoms in total. The number of thiazole rings is 1. The number of rotatable bonds is 5. The molecule has 2 heterocycles. The highest BCUT2D eigenvalue weighted by molar-refractivity contribution is 7.14. The van der Waals surface area contributed by atoms with Crippen LogP contribution in [0.25, 0.3) is 16.9 Å². The van der Waals surface area contributed by atoms with E-state index in [1.54, 1.807) is 7.11 Å². The van der Waals surface area contributed by atoms with Crippen molar-refractivity contribution in [3.63, 3.8) is 0 Å². The minimum atomic E-state index is -0.176. The first-order valence-electron chi connectivity index (χ1n) is 8.37. The number of amides is 1. The zero-order chi connectivity index (χ0) is 18.6. The van der Waals surface area contributed by atoms with Crippen LogP contribution in [0.2, 0.25) is 0 Å². The Kier molecular flexibility index (Phi) is 4.72. The zero-order valence-electron chi connectivity index (χ0n) is 14.6. The average Bonchev–Trinajstić information content (AvgIpc) is 3.40. The molecule has 1 N–H and O–H groups in total. The second-order valence-electron chi connectivity index (χ2n) is 5.86. The van der Waals surface area contributed by atoms with Gasteiger partial charge in [0.1, 0.15) is 5.75 Å². The number of benzene rings is 2. The highest BCUT2D eigenvalue weighted by atomic mass is 32.1. The lowest BCUT2D eigenvalue weighted by Gasteiger charge is -2.05. The van der Waals surface area contributed by atoms with E-state index < -0.39 is 0 Å². The van der Waals surface area contributed by atoms with Crippen molar-refractivity contribution in [3.05, 3.63) is 84.0 Å². The molecule has 0 saturated heterocycles. The van der Waals surface area contributed by atoms with Crippen LogP contribution in [0.15, 0.2) is 78.4 Å². The monoisotopic (exact) mass is 375 g/mol. The van der Waals surface area contributed by atoms with E-state index in [0.29, 0.717) is 10.7 Å². The second kappa shape index (κ2) is 7.47. The van der Waals surface area contributed by atoms with Crippen molar-refractivity contribution in [1.82, 2.24) is 9.55 Å². The Balaban J connectivity index is 1.46. The smallest absolute Gasteiger partial charge is 0.257 e. The lowest BCUT2D eigenvalue weighted by atomic mass is 10.2. The van der Waals surface area contributed by atoms with E-state index in [-0.39, 0.29) is 5.91 Å². The lowest BCUT2D eigenvalue weighted by Crippen LogP contribution is -2.11. The van der Waals surface area contributed by atoms with E-state index >= 15 is 0 Å². The summed E-state index contributed by atoms with van der Waals surface area (Å²) in [5.41, 5.74) is 3.39. The summed E-state index contributed by atoms with van der Waals surface area (Å²) in [6.07, 6.45) is 3.93. The summed E-state index contributed by atoms with van der Waals surface area (Å²) in [6, 6.07) is 19.0. The molecule has 4 rings (SSSR count). The van der Waals surface area contributed by atoms with Crippen molar-refractivity contribution in [2.24, 2.45) is 0 Å². The standard InChI is InChI=1S/C21H17N3O2S/c1-26-18-10-6-15(7-11-18)19-14-27-21(22-19)23-20(25)16-4-8-17(9-5-16)24-12-2-3-13-24/h2-14H,1H3,(H,22,23,25). The molecule has 2 aromatic carbocycles. The number of anilines is 1. The Morgan fingerprint density at radius 1 is 1.04 bits per heavy atom. The molecule has 0 spiro atoms. The van der Waals surface area contributed by atoms with E-state index in [0.717, 1.165) is 22.7 Å². The summed E-state index contributed by atoms with van der Waals surface area (Å²) in [5, 5.41) is 5.36. The fraction of sp³-hybridized carbons (Fsp3) is 0.0476. The van der Waals surface area contributed by atoms with Gasteiger partial charge >= 0.3 is 0 Å². The Labute approximate surface area is 160 Å². The van der Waals surface area contributed by atoms with Crippen LogP contribution in [-0.2, 0) is 0 Å². The minimum Gasteiger partial charge on any atom is -0.497 e. The van der Waals surface area contributed by atoms with Crippen molar-refractivity contribution in [2.45, 2.75) is 0 Å². The molecule has 0 aliphatic rings. The van der Waals surface area contributed by atoms with E-state index in [4.69, 9.17) is 4.74 Å². The molecule has 0 aliphatic heterocycles. The maximum Gasteiger partial charge on any atom is 0.257 e. The number of nitrogens with one attached hydrogen (secondary N) is 1. The third-order valence-corrected chi connectivity index (χ3v) is 4.90. The van der Waals surface area contributed by atoms with Crippen LogP contribution in [-0.4, -0.2) is 22.6 Å². The van der Waals surface area contributed by atoms with Gasteiger partial charge in [0.15, 0.2) is 5.13 Å². The van der Waals surface area contributed by atoms with Crippen LogP contribution in [0.3, 0.4) is 0 Å². The second-order valence-corrected chi connectivity index (χ2v) is 6.72. The third kappa shape index (κ3) is 3.75. The third-order valence-electron chi connectivity index (χ3n) is 4.14. The van der Waals surface area contributed by atoms with E-state index in [1.807, 2.05) is 83.0 Å². The number of ether oxygens (including phenoxy) is 1. The summed E-state index contributed by atoms with van der Waals surface area (Å²) in [4.78, 5) is 17.0. The topological polar surface area (TPSA) is 56.1 Å². The van der Waals surface area contributed by atoms with Crippen molar-refractivity contribution >= 4 is 22.4 Å². The fourth-order valence-electron chi connectivity index (χ4n) is 2.69. The quantitative estimate of drug-likeness (QED) is 0.542. The number of hydrogen-bond donors (Lipinski definition) is 1. The van der Waals surface area contributed by atoms with Gasteiger partial charge in [0, 0.05) is 34.6 Å². The van der Waals surface area contributed by atoms with Crippen LogP contribution in [0.4, 0.5) is 5.13 Å². The Hall–Kier alpha value is -3.38. The summed E-state index contributed by atoms with van der Waals surface area (Å²) in [6.45, 7) is 0. The van der Waals surface area contributed by atoms with Crippen molar-refractivity contribution in [3.8, 4) is 22.7 Å². The summed E-state index contributed by atoms with van der Waals surface area (Å²) in [7, 11) is 1.64. The SMILES string of the molecule is COc1ccc(-c2csc(NC(=O)c3ccc(-n4cccc4)cc3)n2)cc1. The summed E-state index contributed by atoms with van der Waals surface area (Å²) in [5.74, 6) is 0.621. The van der Waals surface area contributed by atoms with Gasteiger partial charge in [-0.05, 0) is 60.7 Å². The molecule has 0 atom stereocenters. The van der Waals surface area contributed by atoms with E-state index in [2.05, 4.69) is 10.3 Å². The fourth-order valence-corrected chi connectivity index (χ4v) is 3.40. The Morgan fingerprint density at radius 2 is 1.74 bits per heavy atom. The van der Waals surface area contributed by atoms with Crippen molar-refractivity contribution in [1.29, 1.82) is 0 Å². The van der Waals surface area contributed by atoms with E-state index in [1.165, 1.54) is 11.3 Å². The molecule has 0 unspecified atom stereocenters. The van der Waals surface area contributed by atoms with Crippen LogP contribution in [0.1, 0.15) is 10.4 Å². The average molecular weight is 375 g/mol. The molecule has 134 valence electrons. The lowest BCUT2D eigenvalue weighted by molar-refractivity contribution is 0.102. The highest BCUT2D eigenvalue weighted by Crippen LogP contribution is 2.26. The number of methoxy groups -OCH3 is 1. The van der Waals surface area contributed by atoms with Crippen molar-refractivity contribution in [2.75, 3.05) is 12.4 Å². The molecule has 0 saturated carbocycles. The summed E-state index contributed by atoms with van der Waals surface area (Å²) >= 11 is 1.40. The zero-order valence-corrected chi connectivity index (χ0v) is 15.4. The van der Waals surface area contributed by atoms with Gasteiger partial charge in [-0.15, -0.1) is 11.3 Å². The van der Waals surface area contributed by atoms with Crippen LogP contribution < -0.4 is 10.1 Å². The Morgan fingerprint density at radius 3 is 2.41 bits per heavy atom. The van der Waals surface area contributed by atoms with Crippen LogP contribution in [0, 0.1) is 0 Å². The van der Waals surface area contributed by atoms with Crippen LogP contribution >= 0.6 is 11.3 Å². The number of carbonyl (C=O) groups excluding carboxylic acids is 1. The van der Waals surface area contributed by atoms with Gasteiger partial charge in [-0.1, -0.05) is 0 Å². The van der Waals surface area contributed by atoms with Gasteiger partial charge in [0.05, 0.1) is 12.8 Å². The normalized spacial score (nSPS) is 10.6. The molecule has 0 bridgehead atoms. The first kappa shape index (κ1) is 17.1. The van der Waals surface area contributed by atoms with Gasteiger partial charge in [-0.2, -0.15) is 0 Å². The molecular weight excluding hydrogens is 358 g/mol. The highest BCUT2D eigenvalue weighted by Gasteiger charge is 2.10. The van der Waals surface area contributed by atoms with Crippen molar-refractivity contribution < 1.29 is 9.53 Å². The molecular formula is C21H17N3O2S. The molecule has 4 aromatic rings. The largest absolute Gasteiger partial charge is 0.497 e. The Bertz CT molecular complexity index is 1040. The van der Waals surface area contributed by atoms with Crippen LogP contribution in [0.5, 0.6) is 5.75 Å². The summed E-state index contributed by atoms with van der Waals surface area (Å²) < 4.78 is 7.16. The molecule has 6 heteroatoms. The molecule has 2 aromatic heterocycles. The predicted octanol–water partition coefficient (Wildman–Crippen LogP) is 4.86. The molecule has 0 aliphatic carbocycles. The van der Waals surface area contributed by atoms with E-state index in [9.17, 15) is 4.79 Å². The maximum absolute atomic E-state index is 12.5. The van der Waals surface area contributed by atoms with Gasteiger partial charge < -0.3 is 9.30 Å². The molecule has 27 heavy (non-hydrogen) atoms. The minimum absolute atomic E-state index is 0.176. The first-order chi connectivity index (χ1) is 13.2. The number of carbonyl (C=O) groups is 1. The van der Waals surface area contributed by atoms with Gasteiger partial charge in [0.25, 0.3) is 5.91 Å². The number of aromatic nitrogens is 2. The molecule has 1 amide bonds. The first-order valence-corrected chi connectivity index (χ1v) is 9.25. The van der Waals surface area contributed by atoms with Gasteiger partial charge in [-0.25, -0.2) is 4.98 Å². The van der Waals surface area contributed by atoms with Gasteiger partial charge in [-0.3, -0.25) is 10.1 Å². The molecule has 0 radical (unpaired) electrons.